The molecule has 4 heteroatoms. The number of nitrogens with zero attached hydrogens (tertiary/aromatic N) is 2. The van der Waals surface area contributed by atoms with Gasteiger partial charge in [0.2, 0.25) is 0 Å². The number of aromatic nitrogens is 1. The molecule has 0 saturated carbocycles. The van der Waals surface area contributed by atoms with E-state index in [1.165, 1.54) is 0 Å². The Labute approximate surface area is 123 Å². The molecule has 2 aromatic rings. The van der Waals surface area contributed by atoms with E-state index in [4.69, 9.17) is 10.00 Å². The Bertz CT molecular complexity index is 608. The summed E-state index contributed by atoms with van der Waals surface area (Å²) < 4.78 is 5.67. The molecule has 20 heavy (non-hydrogen) atoms. The molecule has 0 aliphatic rings. The van der Waals surface area contributed by atoms with Gasteiger partial charge in [-0.25, -0.2) is 4.98 Å². The summed E-state index contributed by atoms with van der Waals surface area (Å²) in [5, 5.41) is 9.74. The van der Waals surface area contributed by atoms with Crippen LogP contribution in [0.15, 0.2) is 24.3 Å². The summed E-state index contributed by atoms with van der Waals surface area (Å²) in [7, 11) is 0. The van der Waals surface area contributed by atoms with Crippen molar-refractivity contribution in [2.45, 2.75) is 27.2 Å². The van der Waals surface area contributed by atoms with E-state index in [-0.39, 0.29) is 0 Å². The predicted molar refractivity (Wildman–Crippen MR) is 81.9 cm³/mol. The van der Waals surface area contributed by atoms with Crippen molar-refractivity contribution < 1.29 is 4.74 Å². The van der Waals surface area contributed by atoms with Crippen LogP contribution in [0.25, 0.3) is 10.6 Å². The second-order valence-electron chi connectivity index (χ2n) is 5.09. The number of ether oxygens (including phenoxy) is 1. The van der Waals surface area contributed by atoms with E-state index < -0.39 is 0 Å². The lowest BCUT2D eigenvalue weighted by Gasteiger charge is -2.08. The molecule has 0 atom stereocenters. The molecule has 1 aromatic heterocycles. The first-order valence-corrected chi connectivity index (χ1v) is 7.48. The molecule has 0 spiro atoms. The van der Waals surface area contributed by atoms with Crippen LogP contribution in [0, 0.1) is 24.2 Å². The Kier molecular flexibility index (Phi) is 4.75. The van der Waals surface area contributed by atoms with Crippen molar-refractivity contribution in [2.75, 3.05) is 6.61 Å². The van der Waals surface area contributed by atoms with Crippen molar-refractivity contribution in [2.24, 2.45) is 5.92 Å². The van der Waals surface area contributed by atoms with E-state index in [9.17, 15) is 0 Å². The zero-order valence-corrected chi connectivity index (χ0v) is 12.8. The highest BCUT2D eigenvalue weighted by Gasteiger charge is 2.09. The molecular formula is C16H18N2OS. The van der Waals surface area contributed by atoms with Crippen LogP contribution in [-0.2, 0) is 6.42 Å². The van der Waals surface area contributed by atoms with E-state index >= 15 is 0 Å². The van der Waals surface area contributed by atoms with E-state index in [2.05, 4.69) is 24.9 Å². The Morgan fingerprint density at radius 2 is 2.00 bits per heavy atom. The largest absolute Gasteiger partial charge is 0.493 e. The number of nitriles is 1. The number of rotatable bonds is 5. The molecule has 0 aliphatic heterocycles. The normalized spacial score (nSPS) is 10.6. The maximum absolute atomic E-state index is 8.78. The zero-order valence-electron chi connectivity index (χ0n) is 12.0. The highest BCUT2D eigenvalue weighted by Crippen LogP contribution is 2.29. The van der Waals surface area contributed by atoms with E-state index in [0.29, 0.717) is 12.3 Å². The highest BCUT2D eigenvalue weighted by molar-refractivity contribution is 7.15. The van der Waals surface area contributed by atoms with Crippen LogP contribution in [0.3, 0.4) is 0 Å². The van der Waals surface area contributed by atoms with Crippen molar-refractivity contribution in [3.05, 3.63) is 34.8 Å². The van der Waals surface area contributed by atoms with E-state index in [1.807, 2.05) is 31.2 Å². The first-order valence-electron chi connectivity index (χ1n) is 6.66. The number of hydrogen-bond acceptors (Lipinski definition) is 4. The summed E-state index contributed by atoms with van der Waals surface area (Å²) in [5.74, 6) is 1.40. The Balaban J connectivity index is 2.13. The molecule has 0 unspecified atom stereocenters. The molecule has 0 fully saturated rings. The maximum atomic E-state index is 8.78. The molecule has 1 heterocycles. The standard InChI is InChI=1S/C16H18N2OS/c1-11(2)10-19-14-6-4-13(5-7-14)16-18-12(3)15(20-16)8-9-17/h4-7,11H,8,10H2,1-3H3. The van der Waals surface area contributed by atoms with E-state index in [1.54, 1.807) is 11.3 Å². The van der Waals surface area contributed by atoms with Gasteiger partial charge in [-0.1, -0.05) is 13.8 Å². The number of hydrogen-bond donors (Lipinski definition) is 0. The quantitative estimate of drug-likeness (QED) is 0.826. The summed E-state index contributed by atoms with van der Waals surface area (Å²) in [6, 6.07) is 10.2. The molecule has 3 nitrogen and oxygen atoms in total. The topological polar surface area (TPSA) is 45.9 Å². The molecule has 0 amide bonds. The van der Waals surface area contributed by atoms with Crippen LogP contribution in [0.5, 0.6) is 5.75 Å². The molecule has 1 aromatic carbocycles. The SMILES string of the molecule is Cc1nc(-c2ccc(OCC(C)C)cc2)sc1CC#N. The summed E-state index contributed by atoms with van der Waals surface area (Å²) in [5.41, 5.74) is 2.02. The van der Waals surface area contributed by atoms with Crippen LogP contribution in [0.4, 0.5) is 0 Å². The first kappa shape index (κ1) is 14.5. The minimum absolute atomic E-state index is 0.430. The second kappa shape index (κ2) is 6.53. The molecule has 0 saturated heterocycles. The first-order chi connectivity index (χ1) is 9.60. The smallest absolute Gasteiger partial charge is 0.123 e. The molecule has 0 aliphatic carbocycles. The third-order valence-electron chi connectivity index (χ3n) is 2.82. The Hall–Kier alpha value is -1.86. The summed E-state index contributed by atoms with van der Waals surface area (Å²) in [6.07, 6.45) is 0.430. The van der Waals surface area contributed by atoms with E-state index in [0.717, 1.165) is 33.5 Å². The van der Waals surface area contributed by atoms with Crippen molar-refractivity contribution in [3.63, 3.8) is 0 Å². The minimum Gasteiger partial charge on any atom is -0.493 e. The average molecular weight is 286 g/mol. The predicted octanol–water partition coefficient (Wildman–Crippen LogP) is 4.22. The number of benzene rings is 1. The molecular weight excluding hydrogens is 268 g/mol. The van der Waals surface area contributed by atoms with Crippen LogP contribution >= 0.6 is 11.3 Å². The van der Waals surface area contributed by atoms with Gasteiger partial charge in [0.15, 0.2) is 0 Å². The zero-order chi connectivity index (χ0) is 14.5. The molecule has 0 radical (unpaired) electrons. The Morgan fingerprint density at radius 3 is 2.60 bits per heavy atom. The van der Waals surface area contributed by atoms with Crippen molar-refractivity contribution >= 4 is 11.3 Å². The van der Waals surface area contributed by atoms with Gasteiger partial charge in [0.05, 0.1) is 24.8 Å². The van der Waals surface area contributed by atoms with Crippen LogP contribution in [-0.4, -0.2) is 11.6 Å². The van der Waals surface area contributed by atoms with Gasteiger partial charge in [0.25, 0.3) is 0 Å². The summed E-state index contributed by atoms with van der Waals surface area (Å²) in [6.45, 7) is 6.93. The fourth-order valence-electron chi connectivity index (χ4n) is 1.74. The van der Waals surface area contributed by atoms with Gasteiger partial charge < -0.3 is 4.74 Å². The van der Waals surface area contributed by atoms with Crippen molar-refractivity contribution in [1.82, 2.24) is 4.98 Å². The van der Waals surface area contributed by atoms with Crippen LogP contribution < -0.4 is 4.74 Å². The summed E-state index contributed by atoms with van der Waals surface area (Å²) >= 11 is 1.59. The van der Waals surface area contributed by atoms with Gasteiger partial charge in [-0.15, -0.1) is 11.3 Å². The lowest BCUT2D eigenvalue weighted by Crippen LogP contribution is -2.04. The number of aryl methyl sites for hydroxylation is 1. The average Bonchev–Trinajstić information content (AvgIpc) is 2.79. The van der Waals surface area contributed by atoms with Crippen molar-refractivity contribution in [3.8, 4) is 22.4 Å². The molecule has 0 N–H and O–H groups in total. The number of thiazole rings is 1. The molecule has 2 rings (SSSR count). The highest BCUT2D eigenvalue weighted by atomic mass is 32.1. The lowest BCUT2D eigenvalue weighted by atomic mass is 10.2. The summed E-state index contributed by atoms with van der Waals surface area (Å²) in [4.78, 5) is 5.57. The third-order valence-corrected chi connectivity index (χ3v) is 4.02. The molecule has 104 valence electrons. The molecule has 0 bridgehead atoms. The van der Waals surface area contributed by atoms with Gasteiger partial charge in [-0.3, -0.25) is 0 Å². The van der Waals surface area contributed by atoms with Crippen LogP contribution in [0.2, 0.25) is 0 Å². The van der Waals surface area contributed by atoms with Gasteiger partial charge in [-0.05, 0) is 37.1 Å². The van der Waals surface area contributed by atoms with Gasteiger partial charge >= 0.3 is 0 Å². The fraction of sp³-hybridized carbons (Fsp3) is 0.375. The lowest BCUT2D eigenvalue weighted by molar-refractivity contribution is 0.271. The monoisotopic (exact) mass is 286 g/mol. The van der Waals surface area contributed by atoms with Gasteiger partial charge in [0, 0.05) is 10.4 Å². The van der Waals surface area contributed by atoms with Crippen LogP contribution in [0.1, 0.15) is 24.4 Å². The minimum atomic E-state index is 0.430. The fourth-order valence-corrected chi connectivity index (χ4v) is 2.74. The van der Waals surface area contributed by atoms with Gasteiger partial charge in [-0.2, -0.15) is 5.26 Å². The Morgan fingerprint density at radius 1 is 1.30 bits per heavy atom. The van der Waals surface area contributed by atoms with Gasteiger partial charge in [0.1, 0.15) is 10.8 Å². The maximum Gasteiger partial charge on any atom is 0.123 e. The second-order valence-corrected chi connectivity index (χ2v) is 6.18. The third kappa shape index (κ3) is 3.58. The van der Waals surface area contributed by atoms with Crippen molar-refractivity contribution in [1.29, 1.82) is 5.26 Å².